The monoisotopic (exact) mass is 507 g/mol. The lowest BCUT2D eigenvalue weighted by molar-refractivity contribution is -0.127. The van der Waals surface area contributed by atoms with Crippen molar-refractivity contribution in [3.8, 4) is 0 Å². The lowest BCUT2D eigenvalue weighted by Crippen LogP contribution is -2.46. The number of allylic oxidation sites excluding steroid dienone is 1. The van der Waals surface area contributed by atoms with Gasteiger partial charge in [0.1, 0.15) is 5.78 Å². The number of carbonyl (C=O) groups is 1. The van der Waals surface area contributed by atoms with Crippen LogP contribution in [-0.2, 0) is 9.53 Å². The zero-order valence-electron chi connectivity index (χ0n) is 26.2. The van der Waals surface area contributed by atoms with E-state index in [2.05, 4.69) is 75.8 Å². The molecule has 0 aromatic rings. The molecule has 1 rings (SSSR count). The number of nitrogens with zero attached hydrogens (tertiary/aromatic N) is 1. The van der Waals surface area contributed by atoms with E-state index in [-0.39, 0.29) is 40.8 Å². The van der Waals surface area contributed by atoms with Crippen LogP contribution in [0.4, 0.5) is 0 Å². The van der Waals surface area contributed by atoms with Crippen LogP contribution in [0.3, 0.4) is 0 Å². The Hall–Kier alpha value is -1.00. The SMILES string of the molecule is C=C1C[C@H](CC)C(C)(C)C(O)C(C)C(=NCC(C)C)[C@H](C)C[C@@](C)(OC)C[C@@H](C)C(=O)C1C.CCC. The van der Waals surface area contributed by atoms with Crippen LogP contribution in [0, 0.1) is 40.9 Å². The van der Waals surface area contributed by atoms with E-state index in [1.165, 1.54) is 6.42 Å². The molecule has 0 aromatic heterocycles. The van der Waals surface area contributed by atoms with Gasteiger partial charge in [-0.05, 0) is 49.4 Å². The van der Waals surface area contributed by atoms with Gasteiger partial charge in [-0.2, -0.15) is 0 Å². The fraction of sp³-hybridized carbons (Fsp3) is 0.875. The maximum Gasteiger partial charge on any atom is 0.142 e. The van der Waals surface area contributed by atoms with Gasteiger partial charge in [-0.25, -0.2) is 0 Å². The number of aliphatic hydroxyl groups is 1. The summed E-state index contributed by atoms with van der Waals surface area (Å²) in [4.78, 5) is 18.4. The third kappa shape index (κ3) is 9.71. The van der Waals surface area contributed by atoms with Crippen molar-refractivity contribution in [2.45, 2.75) is 127 Å². The Morgan fingerprint density at radius 1 is 1.06 bits per heavy atom. The second kappa shape index (κ2) is 15.4. The minimum Gasteiger partial charge on any atom is -0.392 e. The molecule has 1 saturated carbocycles. The molecule has 4 heteroatoms. The zero-order chi connectivity index (χ0) is 28.4. The van der Waals surface area contributed by atoms with Crippen molar-refractivity contribution < 1.29 is 14.6 Å². The van der Waals surface area contributed by atoms with Crippen molar-refractivity contribution in [1.29, 1.82) is 0 Å². The molecule has 0 spiro atoms. The topological polar surface area (TPSA) is 58.9 Å². The van der Waals surface area contributed by atoms with E-state index >= 15 is 0 Å². The molecular weight excluding hydrogens is 446 g/mol. The van der Waals surface area contributed by atoms with Gasteiger partial charge >= 0.3 is 0 Å². The van der Waals surface area contributed by atoms with E-state index in [0.717, 1.165) is 37.1 Å². The van der Waals surface area contributed by atoms with Crippen molar-refractivity contribution in [1.82, 2.24) is 0 Å². The van der Waals surface area contributed by atoms with Gasteiger partial charge in [0, 0.05) is 37.1 Å². The molecule has 0 bridgehead atoms. The molecule has 0 amide bonds. The molecule has 3 unspecified atom stereocenters. The van der Waals surface area contributed by atoms with Crippen molar-refractivity contribution in [2.24, 2.45) is 45.9 Å². The van der Waals surface area contributed by atoms with Crippen molar-refractivity contribution in [3.63, 3.8) is 0 Å². The van der Waals surface area contributed by atoms with E-state index in [0.29, 0.717) is 12.3 Å². The molecule has 1 aliphatic rings. The number of aliphatic hydroxyl groups excluding tert-OH is 1. The van der Waals surface area contributed by atoms with E-state index in [1.54, 1.807) is 7.11 Å². The van der Waals surface area contributed by atoms with Crippen molar-refractivity contribution >= 4 is 11.5 Å². The highest BCUT2D eigenvalue weighted by Crippen LogP contribution is 2.43. The number of hydrogen-bond acceptors (Lipinski definition) is 4. The van der Waals surface area contributed by atoms with Crippen LogP contribution in [0.1, 0.15) is 115 Å². The first kappa shape index (κ1) is 35.0. The van der Waals surface area contributed by atoms with Crippen LogP contribution in [0.25, 0.3) is 0 Å². The summed E-state index contributed by atoms with van der Waals surface area (Å²) in [5.74, 6) is 0.719. The van der Waals surface area contributed by atoms with Gasteiger partial charge in [0.15, 0.2) is 0 Å². The number of ketones is 1. The maximum atomic E-state index is 13.3. The average Bonchev–Trinajstić information content (AvgIpc) is 2.80. The quantitative estimate of drug-likeness (QED) is 0.390. The molecular formula is C32H61NO3. The zero-order valence-corrected chi connectivity index (χ0v) is 26.2. The fourth-order valence-corrected chi connectivity index (χ4v) is 5.89. The van der Waals surface area contributed by atoms with E-state index in [1.807, 2.05) is 13.8 Å². The first-order chi connectivity index (χ1) is 16.5. The van der Waals surface area contributed by atoms with Crippen LogP contribution in [-0.4, -0.2) is 42.0 Å². The highest BCUT2D eigenvalue weighted by molar-refractivity contribution is 5.89. The Morgan fingerprint density at radius 3 is 2.00 bits per heavy atom. The predicted molar refractivity (Wildman–Crippen MR) is 157 cm³/mol. The number of methoxy groups -OCH3 is 1. The third-order valence-corrected chi connectivity index (χ3v) is 8.39. The predicted octanol–water partition coefficient (Wildman–Crippen LogP) is 8.17. The van der Waals surface area contributed by atoms with Gasteiger partial charge in [-0.1, -0.05) is 101 Å². The smallest absolute Gasteiger partial charge is 0.142 e. The van der Waals surface area contributed by atoms with Crippen LogP contribution in [0.5, 0.6) is 0 Å². The van der Waals surface area contributed by atoms with Crippen LogP contribution < -0.4 is 0 Å². The standard InChI is InChI=1S/C29H53NO3.C3H8/c1-13-24-14-19(4)22(7)26(31)21(6)16-29(11,33-12)15-20(5)25(30-17-18(2)3)23(8)27(32)28(24,9)10;1-3-2/h18,20-24,27,32H,4,13-17H2,1-3,5-12H3;3H2,1-2H3/t20-,21-,22?,23?,24+,27?,29-;/m1./s1. The highest BCUT2D eigenvalue weighted by Gasteiger charge is 2.43. The minimum atomic E-state index is -0.537. The maximum absolute atomic E-state index is 13.3. The molecule has 0 aromatic carbocycles. The second-order valence-electron chi connectivity index (χ2n) is 12.9. The molecule has 1 N–H and O–H groups in total. The van der Waals surface area contributed by atoms with Gasteiger partial charge in [0.25, 0.3) is 0 Å². The number of hydrogen-bond donors (Lipinski definition) is 1. The molecule has 212 valence electrons. The summed E-state index contributed by atoms with van der Waals surface area (Å²) in [5.41, 5.74) is 1.28. The first-order valence-electron chi connectivity index (χ1n) is 14.5. The van der Waals surface area contributed by atoms with E-state index < -0.39 is 11.7 Å². The fourth-order valence-electron chi connectivity index (χ4n) is 5.89. The number of Topliss-reactive ketones (excluding diaryl/α,β-unsaturated/α-hetero) is 1. The largest absolute Gasteiger partial charge is 0.392 e. The lowest BCUT2D eigenvalue weighted by atomic mass is 9.64. The van der Waals surface area contributed by atoms with Crippen LogP contribution >= 0.6 is 0 Å². The molecule has 0 saturated heterocycles. The van der Waals surface area contributed by atoms with Gasteiger partial charge in [0.05, 0.1) is 11.7 Å². The Kier molecular flexibility index (Phi) is 15.0. The van der Waals surface area contributed by atoms with Gasteiger partial charge in [-0.15, -0.1) is 0 Å². The van der Waals surface area contributed by atoms with Crippen LogP contribution in [0.15, 0.2) is 17.1 Å². The van der Waals surface area contributed by atoms with E-state index in [9.17, 15) is 9.90 Å². The number of rotatable bonds is 4. The molecule has 0 radical (unpaired) electrons. The molecule has 1 fully saturated rings. The lowest BCUT2D eigenvalue weighted by Gasteiger charge is -2.43. The summed E-state index contributed by atoms with van der Waals surface area (Å²) in [6.45, 7) is 30.7. The first-order valence-corrected chi connectivity index (χ1v) is 14.5. The number of carbonyl (C=O) groups excluding carboxylic acids is 1. The van der Waals surface area contributed by atoms with Gasteiger partial charge in [-0.3, -0.25) is 9.79 Å². The Morgan fingerprint density at radius 2 is 1.56 bits per heavy atom. The molecule has 36 heavy (non-hydrogen) atoms. The second-order valence-corrected chi connectivity index (χ2v) is 12.9. The number of ether oxygens (including phenoxy) is 1. The third-order valence-electron chi connectivity index (χ3n) is 8.39. The molecule has 0 aliphatic heterocycles. The summed E-state index contributed by atoms with van der Waals surface area (Å²) in [5, 5.41) is 11.7. The molecule has 0 heterocycles. The summed E-state index contributed by atoms with van der Waals surface area (Å²) in [6, 6.07) is 0. The summed E-state index contributed by atoms with van der Waals surface area (Å²) in [7, 11) is 1.74. The highest BCUT2D eigenvalue weighted by atomic mass is 16.5. The molecule has 7 atom stereocenters. The Bertz CT molecular complexity index is 710. The van der Waals surface area contributed by atoms with E-state index in [4.69, 9.17) is 9.73 Å². The average molecular weight is 508 g/mol. The van der Waals surface area contributed by atoms with Crippen LogP contribution in [0.2, 0.25) is 0 Å². The van der Waals surface area contributed by atoms with Crippen molar-refractivity contribution in [2.75, 3.05) is 13.7 Å². The van der Waals surface area contributed by atoms with Gasteiger partial charge < -0.3 is 9.84 Å². The molecule has 1 aliphatic carbocycles. The Labute approximate surface area is 224 Å². The summed E-state index contributed by atoms with van der Waals surface area (Å²) in [6.07, 6.45) is 3.83. The van der Waals surface area contributed by atoms with Gasteiger partial charge in [0.2, 0.25) is 0 Å². The molecule has 4 nitrogen and oxygen atoms in total. The summed E-state index contributed by atoms with van der Waals surface area (Å²) < 4.78 is 6.01. The Balaban J connectivity index is 0.00000387. The normalized spacial score (nSPS) is 35.8. The minimum absolute atomic E-state index is 0.0587. The van der Waals surface area contributed by atoms with Crippen molar-refractivity contribution in [3.05, 3.63) is 12.2 Å². The number of aliphatic imine (C=N–C) groups is 1. The summed E-state index contributed by atoms with van der Waals surface area (Å²) >= 11 is 0.